The molecule has 0 aliphatic carbocycles. The van der Waals surface area contributed by atoms with E-state index in [9.17, 15) is 14.4 Å². The van der Waals surface area contributed by atoms with E-state index in [1.165, 1.54) is 4.90 Å². The van der Waals surface area contributed by atoms with Gasteiger partial charge in [-0.2, -0.15) is 0 Å². The number of benzene rings is 3. The summed E-state index contributed by atoms with van der Waals surface area (Å²) in [6.07, 6.45) is 1.39. The smallest absolute Gasteiger partial charge is 0.258 e. The Bertz CT molecular complexity index is 1320. The number of hydrogen-bond acceptors (Lipinski definition) is 3. The Kier molecular flexibility index (Phi) is 8.40. The van der Waals surface area contributed by atoms with Crippen LogP contribution in [0.25, 0.3) is 10.8 Å². The molecule has 1 heterocycles. The van der Waals surface area contributed by atoms with Crippen molar-refractivity contribution in [2.75, 3.05) is 11.4 Å². The van der Waals surface area contributed by atoms with Crippen LogP contribution in [0.1, 0.15) is 56.0 Å². The van der Waals surface area contributed by atoms with Gasteiger partial charge >= 0.3 is 0 Å². The van der Waals surface area contributed by atoms with Crippen molar-refractivity contribution in [3.05, 3.63) is 75.8 Å². The van der Waals surface area contributed by atoms with E-state index in [1.807, 2.05) is 50.2 Å². The van der Waals surface area contributed by atoms with Crippen molar-refractivity contribution in [3.63, 3.8) is 0 Å². The van der Waals surface area contributed by atoms with Crippen molar-refractivity contribution >= 4 is 57.4 Å². The van der Waals surface area contributed by atoms with Gasteiger partial charge in [0.2, 0.25) is 11.8 Å². The number of amides is 3. The third kappa shape index (κ3) is 5.60. The highest BCUT2D eigenvalue weighted by Crippen LogP contribution is 2.37. The van der Waals surface area contributed by atoms with Crippen molar-refractivity contribution < 1.29 is 14.4 Å². The molecular weight excluding hydrogens is 509 g/mol. The Morgan fingerprint density at radius 3 is 2.32 bits per heavy atom. The summed E-state index contributed by atoms with van der Waals surface area (Å²) in [6, 6.07) is 16.0. The van der Waals surface area contributed by atoms with E-state index >= 15 is 0 Å². The summed E-state index contributed by atoms with van der Waals surface area (Å²) >= 11 is 12.8. The molecular formula is C29H31Cl2N3O3. The molecule has 3 amide bonds. The van der Waals surface area contributed by atoms with Crippen LogP contribution in [-0.2, 0) is 16.1 Å². The molecule has 6 nitrogen and oxygen atoms in total. The van der Waals surface area contributed by atoms with Crippen molar-refractivity contribution in [3.8, 4) is 0 Å². The number of nitrogens with one attached hydrogen (secondary N) is 1. The van der Waals surface area contributed by atoms with E-state index in [4.69, 9.17) is 23.2 Å². The first-order valence-corrected chi connectivity index (χ1v) is 13.3. The molecule has 0 fully saturated rings. The third-order valence-electron chi connectivity index (χ3n) is 6.98. The van der Waals surface area contributed by atoms with Crippen molar-refractivity contribution in [2.45, 2.75) is 58.7 Å². The fourth-order valence-electron chi connectivity index (χ4n) is 4.64. The zero-order valence-corrected chi connectivity index (χ0v) is 22.8. The first kappa shape index (κ1) is 27.0. The van der Waals surface area contributed by atoms with Crippen LogP contribution in [0, 0.1) is 0 Å². The van der Waals surface area contributed by atoms with Crippen LogP contribution in [0.3, 0.4) is 0 Å². The van der Waals surface area contributed by atoms with Gasteiger partial charge in [0, 0.05) is 52.1 Å². The number of rotatable bonds is 10. The second-order valence-electron chi connectivity index (χ2n) is 9.46. The molecule has 0 radical (unpaired) electrons. The average Bonchev–Trinajstić information content (AvgIpc) is 3.16. The molecule has 1 N–H and O–H groups in total. The summed E-state index contributed by atoms with van der Waals surface area (Å²) in [4.78, 5) is 42.8. The van der Waals surface area contributed by atoms with Crippen LogP contribution in [0.5, 0.6) is 0 Å². The normalized spacial score (nSPS) is 14.1. The molecule has 1 aliphatic rings. The van der Waals surface area contributed by atoms with Gasteiger partial charge in [-0.3, -0.25) is 14.4 Å². The van der Waals surface area contributed by atoms with Crippen LogP contribution in [0.4, 0.5) is 5.69 Å². The molecule has 0 spiro atoms. The van der Waals surface area contributed by atoms with Gasteiger partial charge in [0.15, 0.2) is 0 Å². The molecule has 8 heteroatoms. The van der Waals surface area contributed by atoms with Crippen LogP contribution >= 0.6 is 23.2 Å². The van der Waals surface area contributed by atoms with Crippen molar-refractivity contribution in [2.24, 2.45) is 0 Å². The minimum absolute atomic E-state index is 0.0127. The highest BCUT2D eigenvalue weighted by atomic mass is 35.5. The summed E-state index contributed by atoms with van der Waals surface area (Å²) < 4.78 is 0. The number of anilines is 1. The molecule has 1 aliphatic heterocycles. The molecule has 2 atom stereocenters. The molecule has 37 heavy (non-hydrogen) atoms. The second kappa shape index (κ2) is 11.5. The highest BCUT2D eigenvalue weighted by molar-refractivity contribution is 6.36. The van der Waals surface area contributed by atoms with Gasteiger partial charge in [-0.15, -0.1) is 0 Å². The lowest BCUT2D eigenvalue weighted by Crippen LogP contribution is -2.49. The van der Waals surface area contributed by atoms with Crippen LogP contribution in [0.15, 0.2) is 54.6 Å². The summed E-state index contributed by atoms with van der Waals surface area (Å²) in [6.45, 7) is 6.13. The maximum absolute atomic E-state index is 13.5. The first-order valence-electron chi connectivity index (χ1n) is 12.6. The van der Waals surface area contributed by atoms with Gasteiger partial charge in [-0.25, -0.2) is 0 Å². The van der Waals surface area contributed by atoms with E-state index in [2.05, 4.69) is 5.32 Å². The largest absolute Gasteiger partial charge is 0.352 e. The number of carbonyl (C=O) groups excluding carboxylic acids is 3. The molecule has 0 aromatic heterocycles. The Balaban J connectivity index is 1.49. The molecule has 194 valence electrons. The van der Waals surface area contributed by atoms with Gasteiger partial charge < -0.3 is 15.1 Å². The summed E-state index contributed by atoms with van der Waals surface area (Å²) in [7, 11) is 0. The monoisotopic (exact) mass is 539 g/mol. The van der Waals surface area contributed by atoms with Crippen LogP contribution < -0.4 is 10.2 Å². The van der Waals surface area contributed by atoms with Gasteiger partial charge in [0.25, 0.3) is 5.91 Å². The maximum atomic E-state index is 13.5. The fraction of sp³-hybridized carbons (Fsp3) is 0.345. The molecule has 0 saturated heterocycles. The lowest BCUT2D eigenvalue weighted by molar-refractivity contribution is -0.140. The molecule has 0 bridgehead atoms. The van der Waals surface area contributed by atoms with E-state index in [0.717, 1.165) is 22.9 Å². The first-order chi connectivity index (χ1) is 17.7. The predicted octanol–water partition coefficient (Wildman–Crippen LogP) is 6.22. The minimum atomic E-state index is -0.722. The lowest BCUT2D eigenvalue weighted by atomic mass is 10.1. The Morgan fingerprint density at radius 1 is 1.00 bits per heavy atom. The van der Waals surface area contributed by atoms with E-state index in [0.29, 0.717) is 34.1 Å². The Labute approximate surface area is 227 Å². The fourth-order valence-corrected chi connectivity index (χ4v) is 5.15. The van der Waals surface area contributed by atoms with E-state index in [1.54, 1.807) is 30.0 Å². The number of nitrogens with zero attached hydrogens (tertiary/aromatic N) is 2. The number of carbonyl (C=O) groups is 3. The van der Waals surface area contributed by atoms with Crippen LogP contribution in [-0.4, -0.2) is 41.2 Å². The molecule has 3 aromatic carbocycles. The summed E-state index contributed by atoms with van der Waals surface area (Å²) in [5, 5.41) is 5.80. The third-order valence-corrected chi connectivity index (χ3v) is 7.69. The lowest BCUT2D eigenvalue weighted by Gasteiger charge is -2.30. The molecule has 0 unspecified atom stereocenters. The zero-order chi connectivity index (χ0) is 26.7. The van der Waals surface area contributed by atoms with Gasteiger partial charge in [-0.1, -0.05) is 60.5 Å². The second-order valence-corrected chi connectivity index (χ2v) is 10.3. The Hall–Kier alpha value is -3.09. The van der Waals surface area contributed by atoms with Gasteiger partial charge in [0.1, 0.15) is 6.04 Å². The summed E-state index contributed by atoms with van der Waals surface area (Å²) in [5.41, 5.74) is 2.15. The average molecular weight is 540 g/mol. The van der Waals surface area contributed by atoms with Crippen molar-refractivity contribution in [1.82, 2.24) is 10.2 Å². The molecule has 4 rings (SSSR count). The van der Waals surface area contributed by atoms with Crippen LogP contribution in [0.2, 0.25) is 10.0 Å². The van der Waals surface area contributed by atoms with Gasteiger partial charge in [-0.05, 0) is 56.3 Å². The topological polar surface area (TPSA) is 69.7 Å². The SMILES string of the molecule is CC[C@H](C)NC(=O)[C@H](C)N(Cc1c(Cl)cccc1Cl)C(=O)CCCN1C(=O)c2cccc3cccc1c23. The Morgan fingerprint density at radius 2 is 1.65 bits per heavy atom. The standard InChI is InChI=1S/C29H31Cl2N3O3/c1-4-18(2)32-28(36)19(3)34(17-22-23(30)12-7-13-24(22)31)26(35)15-8-16-33-25-14-6-10-20-9-5-11-21(27(20)25)29(33)37/h5-7,9-14,18-19H,4,8,15-17H2,1-3H3,(H,32,36)/t18-,19-/m0/s1. The number of halogens is 2. The molecule has 0 saturated carbocycles. The van der Waals surface area contributed by atoms with E-state index < -0.39 is 6.04 Å². The quantitative estimate of drug-likeness (QED) is 0.332. The summed E-state index contributed by atoms with van der Waals surface area (Å²) in [5.74, 6) is -0.492. The predicted molar refractivity (Wildman–Crippen MR) is 149 cm³/mol. The highest BCUT2D eigenvalue weighted by Gasteiger charge is 2.31. The zero-order valence-electron chi connectivity index (χ0n) is 21.3. The number of hydrogen-bond donors (Lipinski definition) is 1. The van der Waals surface area contributed by atoms with E-state index in [-0.39, 0.29) is 36.7 Å². The van der Waals surface area contributed by atoms with Crippen molar-refractivity contribution in [1.29, 1.82) is 0 Å². The molecule has 3 aromatic rings. The minimum Gasteiger partial charge on any atom is -0.352 e. The van der Waals surface area contributed by atoms with Gasteiger partial charge in [0.05, 0.1) is 5.69 Å². The maximum Gasteiger partial charge on any atom is 0.258 e.